The van der Waals surface area contributed by atoms with Crippen molar-refractivity contribution in [3.63, 3.8) is 0 Å². The molecule has 0 atom stereocenters. The third-order valence-corrected chi connectivity index (χ3v) is 4.47. The lowest BCUT2D eigenvalue weighted by atomic mass is 10.1. The predicted molar refractivity (Wildman–Crippen MR) is 103 cm³/mol. The number of nitrogens with zero attached hydrogens (tertiary/aromatic N) is 2. The Morgan fingerprint density at radius 3 is 2.69 bits per heavy atom. The standard InChI is InChI=1S/C20H20ClN3O2/c1-14-7-8-16(21)13-18(14)22-19(25)9-10-20(26)24-12-11-17(23-24)15-5-3-2-4-6-15/h2-8,13H,9-12H2,1H3,(H,22,25). The number of hydrazone groups is 1. The summed E-state index contributed by atoms with van der Waals surface area (Å²) in [5, 5.41) is 9.21. The van der Waals surface area contributed by atoms with Crippen molar-refractivity contribution in [1.29, 1.82) is 0 Å². The summed E-state index contributed by atoms with van der Waals surface area (Å²) in [5.41, 5.74) is 3.51. The maximum absolute atomic E-state index is 12.3. The van der Waals surface area contributed by atoms with Crippen molar-refractivity contribution in [2.75, 3.05) is 11.9 Å². The van der Waals surface area contributed by atoms with Crippen molar-refractivity contribution in [1.82, 2.24) is 5.01 Å². The first-order valence-electron chi connectivity index (χ1n) is 8.52. The molecule has 5 nitrogen and oxygen atoms in total. The topological polar surface area (TPSA) is 61.8 Å². The van der Waals surface area contributed by atoms with Gasteiger partial charge in [0.25, 0.3) is 0 Å². The molecule has 1 heterocycles. The molecule has 2 amide bonds. The fraction of sp³-hybridized carbons (Fsp3) is 0.250. The highest BCUT2D eigenvalue weighted by atomic mass is 35.5. The molecule has 0 radical (unpaired) electrons. The molecule has 1 N–H and O–H groups in total. The average molecular weight is 370 g/mol. The van der Waals surface area contributed by atoms with E-state index in [-0.39, 0.29) is 24.7 Å². The molecular formula is C20H20ClN3O2. The van der Waals surface area contributed by atoms with E-state index >= 15 is 0 Å². The van der Waals surface area contributed by atoms with Gasteiger partial charge < -0.3 is 5.32 Å². The van der Waals surface area contributed by atoms with Gasteiger partial charge in [-0.05, 0) is 30.2 Å². The molecule has 0 saturated carbocycles. The van der Waals surface area contributed by atoms with Gasteiger partial charge in [0, 0.05) is 30.0 Å². The summed E-state index contributed by atoms with van der Waals surface area (Å²) in [6, 6.07) is 15.1. The van der Waals surface area contributed by atoms with Crippen LogP contribution in [0.15, 0.2) is 53.6 Å². The van der Waals surface area contributed by atoms with Crippen LogP contribution >= 0.6 is 11.6 Å². The number of aryl methyl sites for hydroxylation is 1. The van der Waals surface area contributed by atoms with Crippen molar-refractivity contribution < 1.29 is 9.59 Å². The quantitative estimate of drug-likeness (QED) is 0.865. The van der Waals surface area contributed by atoms with Crippen LogP contribution < -0.4 is 5.32 Å². The maximum Gasteiger partial charge on any atom is 0.243 e. The van der Waals surface area contributed by atoms with Crippen LogP contribution in [0.2, 0.25) is 5.02 Å². The second-order valence-corrected chi connectivity index (χ2v) is 6.62. The zero-order valence-corrected chi connectivity index (χ0v) is 15.3. The van der Waals surface area contributed by atoms with Crippen molar-refractivity contribution >= 4 is 34.8 Å². The van der Waals surface area contributed by atoms with E-state index in [1.165, 1.54) is 5.01 Å². The monoisotopic (exact) mass is 369 g/mol. The highest BCUT2D eigenvalue weighted by molar-refractivity contribution is 6.31. The Morgan fingerprint density at radius 2 is 1.92 bits per heavy atom. The molecule has 0 aliphatic carbocycles. The Kier molecular flexibility index (Phi) is 5.68. The Bertz CT molecular complexity index is 849. The Labute approximate surface area is 157 Å². The van der Waals surface area contributed by atoms with Gasteiger partial charge in [0.15, 0.2) is 0 Å². The van der Waals surface area contributed by atoms with E-state index in [0.29, 0.717) is 17.3 Å². The Morgan fingerprint density at radius 1 is 1.15 bits per heavy atom. The van der Waals surface area contributed by atoms with Crippen molar-refractivity contribution in [2.24, 2.45) is 5.10 Å². The molecule has 26 heavy (non-hydrogen) atoms. The summed E-state index contributed by atoms with van der Waals surface area (Å²) >= 11 is 5.95. The Hall–Kier alpha value is -2.66. The van der Waals surface area contributed by atoms with E-state index in [9.17, 15) is 9.59 Å². The molecule has 134 valence electrons. The van der Waals surface area contributed by atoms with Crippen LogP contribution in [-0.2, 0) is 9.59 Å². The third-order valence-electron chi connectivity index (χ3n) is 4.24. The summed E-state index contributed by atoms with van der Waals surface area (Å²) in [6.07, 6.45) is 0.957. The van der Waals surface area contributed by atoms with E-state index < -0.39 is 0 Å². The number of nitrogens with one attached hydrogen (secondary N) is 1. The van der Waals surface area contributed by atoms with E-state index in [2.05, 4.69) is 10.4 Å². The lowest BCUT2D eigenvalue weighted by molar-refractivity contribution is -0.132. The van der Waals surface area contributed by atoms with Crippen LogP contribution in [0.3, 0.4) is 0 Å². The van der Waals surface area contributed by atoms with Gasteiger partial charge >= 0.3 is 0 Å². The van der Waals surface area contributed by atoms with Gasteiger partial charge in [0.2, 0.25) is 11.8 Å². The minimum atomic E-state index is -0.213. The molecule has 0 unspecified atom stereocenters. The molecule has 2 aromatic rings. The van der Waals surface area contributed by atoms with Crippen LogP contribution in [0.1, 0.15) is 30.4 Å². The number of carbonyl (C=O) groups excluding carboxylic acids is 2. The molecule has 0 fully saturated rings. The van der Waals surface area contributed by atoms with E-state index in [4.69, 9.17) is 11.6 Å². The summed E-state index contributed by atoms with van der Waals surface area (Å²) < 4.78 is 0. The number of carbonyl (C=O) groups is 2. The molecule has 0 bridgehead atoms. The SMILES string of the molecule is Cc1ccc(Cl)cc1NC(=O)CCC(=O)N1CCC(c2ccccc2)=N1. The van der Waals surface area contributed by atoms with E-state index in [1.807, 2.05) is 43.3 Å². The highest BCUT2D eigenvalue weighted by Crippen LogP contribution is 2.20. The largest absolute Gasteiger partial charge is 0.326 e. The first-order valence-corrected chi connectivity index (χ1v) is 8.90. The van der Waals surface area contributed by atoms with Crippen molar-refractivity contribution in [3.8, 4) is 0 Å². The normalized spacial score (nSPS) is 13.5. The molecule has 1 aliphatic rings. The first kappa shape index (κ1) is 18.1. The fourth-order valence-corrected chi connectivity index (χ4v) is 2.93. The number of benzene rings is 2. The van der Waals surface area contributed by atoms with Crippen LogP contribution in [0.25, 0.3) is 0 Å². The van der Waals surface area contributed by atoms with Gasteiger partial charge in [0.05, 0.1) is 12.3 Å². The number of rotatable bonds is 5. The molecule has 2 aromatic carbocycles. The van der Waals surface area contributed by atoms with E-state index in [1.54, 1.807) is 12.1 Å². The van der Waals surface area contributed by atoms with Gasteiger partial charge in [-0.1, -0.05) is 48.0 Å². The zero-order chi connectivity index (χ0) is 18.5. The highest BCUT2D eigenvalue weighted by Gasteiger charge is 2.22. The van der Waals surface area contributed by atoms with Crippen LogP contribution in [0.5, 0.6) is 0 Å². The molecule has 0 aromatic heterocycles. The minimum absolute atomic E-state index is 0.109. The van der Waals surface area contributed by atoms with Gasteiger partial charge in [-0.15, -0.1) is 0 Å². The van der Waals surface area contributed by atoms with Crippen LogP contribution in [0.4, 0.5) is 5.69 Å². The van der Waals surface area contributed by atoms with Crippen molar-refractivity contribution in [2.45, 2.75) is 26.2 Å². The molecular weight excluding hydrogens is 350 g/mol. The smallest absolute Gasteiger partial charge is 0.243 e. The predicted octanol–water partition coefficient (Wildman–Crippen LogP) is 4.00. The van der Waals surface area contributed by atoms with Gasteiger partial charge in [-0.3, -0.25) is 9.59 Å². The lowest BCUT2D eigenvalue weighted by Crippen LogP contribution is -2.25. The van der Waals surface area contributed by atoms with Gasteiger partial charge in [-0.25, -0.2) is 5.01 Å². The lowest BCUT2D eigenvalue weighted by Gasteiger charge is -2.12. The van der Waals surface area contributed by atoms with Crippen LogP contribution in [0, 0.1) is 6.92 Å². The van der Waals surface area contributed by atoms with Gasteiger partial charge in [-0.2, -0.15) is 5.10 Å². The number of amides is 2. The molecule has 3 rings (SSSR count). The zero-order valence-electron chi connectivity index (χ0n) is 14.5. The Balaban J connectivity index is 1.53. The number of anilines is 1. The first-order chi connectivity index (χ1) is 12.5. The summed E-state index contributed by atoms with van der Waals surface area (Å²) in [6.45, 7) is 2.44. The van der Waals surface area contributed by atoms with Crippen LogP contribution in [-0.4, -0.2) is 29.1 Å². The summed E-state index contributed by atoms with van der Waals surface area (Å²) in [7, 11) is 0. The number of halogens is 1. The number of hydrogen-bond donors (Lipinski definition) is 1. The summed E-state index contributed by atoms with van der Waals surface area (Å²) in [4.78, 5) is 24.4. The summed E-state index contributed by atoms with van der Waals surface area (Å²) in [5.74, 6) is -0.357. The molecule has 6 heteroatoms. The minimum Gasteiger partial charge on any atom is -0.326 e. The van der Waals surface area contributed by atoms with Crippen molar-refractivity contribution in [3.05, 3.63) is 64.7 Å². The second-order valence-electron chi connectivity index (χ2n) is 6.19. The average Bonchev–Trinajstić information content (AvgIpc) is 3.14. The number of hydrogen-bond acceptors (Lipinski definition) is 3. The molecule has 0 saturated heterocycles. The maximum atomic E-state index is 12.3. The second kappa shape index (κ2) is 8.15. The third kappa shape index (κ3) is 4.49. The fourth-order valence-electron chi connectivity index (χ4n) is 2.76. The van der Waals surface area contributed by atoms with Gasteiger partial charge in [0.1, 0.15) is 0 Å². The van der Waals surface area contributed by atoms with E-state index in [0.717, 1.165) is 23.3 Å². The molecule has 0 spiro atoms. The molecule has 1 aliphatic heterocycles.